The number of methoxy groups -OCH3 is 1. The maximum atomic E-state index is 12.6. The number of hydrogen-bond acceptors (Lipinski definition) is 6. The van der Waals surface area contributed by atoms with Crippen LogP contribution in [0.5, 0.6) is 5.75 Å². The van der Waals surface area contributed by atoms with Crippen LogP contribution < -0.4 is 20.9 Å². The van der Waals surface area contributed by atoms with Gasteiger partial charge in [-0.25, -0.2) is 4.98 Å². The van der Waals surface area contributed by atoms with Crippen LogP contribution in [0, 0.1) is 0 Å². The third-order valence-electron chi connectivity index (χ3n) is 4.13. The van der Waals surface area contributed by atoms with Crippen molar-refractivity contribution >= 4 is 35.0 Å². The van der Waals surface area contributed by atoms with Gasteiger partial charge in [0.25, 0.3) is 5.56 Å². The van der Waals surface area contributed by atoms with Crippen molar-refractivity contribution < 1.29 is 14.3 Å². The highest BCUT2D eigenvalue weighted by Gasteiger charge is 2.12. The molecule has 0 aliphatic heterocycles. The van der Waals surface area contributed by atoms with Crippen LogP contribution in [-0.4, -0.2) is 28.9 Å². The predicted octanol–water partition coefficient (Wildman–Crippen LogP) is 3.21. The van der Waals surface area contributed by atoms with Gasteiger partial charge in [-0.2, -0.15) is 0 Å². The minimum atomic E-state index is -0.365. The molecule has 0 saturated carbocycles. The quantitative estimate of drug-likeness (QED) is 0.368. The van der Waals surface area contributed by atoms with E-state index in [9.17, 15) is 14.4 Å². The first-order valence-corrected chi connectivity index (χ1v) is 10.4. The first-order chi connectivity index (χ1) is 14.9. The molecule has 0 unspecified atom stereocenters. The molecule has 0 aliphatic rings. The van der Waals surface area contributed by atoms with Crippen molar-refractivity contribution in [2.45, 2.75) is 24.3 Å². The molecule has 2 amide bonds. The largest absolute Gasteiger partial charge is 0.495 e. The number of ether oxygens (including phenoxy) is 1. The summed E-state index contributed by atoms with van der Waals surface area (Å²) in [7, 11) is 1.48. The molecule has 31 heavy (non-hydrogen) atoms. The summed E-state index contributed by atoms with van der Waals surface area (Å²) in [5.74, 6) is 0.499. The van der Waals surface area contributed by atoms with Gasteiger partial charge < -0.3 is 20.4 Å². The van der Waals surface area contributed by atoms with Crippen LogP contribution in [0.4, 0.5) is 11.4 Å². The van der Waals surface area contributed by atoms with Gasteiger partial charge in [0.15, 0.2) is 5.16 Å². The molecule has 0 atom stereocenters. The van der Waals surface area contributed by atoms with Gasteiger partial charge in [0.05, 0.1) is 24.9 Å². The van der Waals surface area contributed by atoms with E-state index in [1.54, 1.807) is 18.2 Å². The second kappa shape index (κ2) is 10.4. The van der Waals surface area contributed by atoms with Crippen molar-refractivity contribution in [2.75, 3.05) is 17.7 Å². The summed E-state index contributed by atoms with van der Waals surface area (Å²) >= 11 is 1.39. The van der Waals surface area contributed by atoms with Crippen molar-refractivity contribution in [1.82, 2.24) is 9.97 Å². The average molecular weight is 439 g/mol. The topological polar surface area (TPSA) is 113 Å². The summed E-state index contributed by atoms with van der Waals surface area (Å²) < 4.78 is 5.27. The molecule has 3 N–H and O–H groups in total. The van der Waals surface area contributed by atoms with Crippen LogP contribution in [0.15, 0.2) is 64.5 Å². The van der Waals surface area contributed by atoms with Crippen LogP contribution in [0.25, 0.3) is 0 Å². The minimum absolute atomic E-state index is 0.0870. The monoisotopic (exact) mass is 438 g/mol. The summed E-state index contributed by atoms with van der Waals surface area (Å²) in [6, 6.07) is 16.0. The number of thioether (sulfide) groups is 1. The van der Waals surface area contributed by atoms with E-state index in [4.69, 9.17) is 4.74 Å². The standard InChI is InChI=1S/C22H22N4O4S/c1-14(27)23-16-8-9-19(30-2)18(10-16)25-20(28)11-17-12-21(29)26-22(24-17)31-13-15-6-4-3-5-7-15/h3-10,12H,11,13H2,1-2H3,(H,23,27)(H,25,28)(H,24,26,29). The Hall–Kier alpha value is -3.59. The maximum absolute atomic E-state index is 12.6. The van der Waals surface area contributed by atoms with Crippen LogP contribution in [0.2, 0.25) is 0 Å². The molecule has 0 bridgehead atoms. The zero-order valence-corrected chi connectivity index (χ0v) is 17.9. The Labute approximate surface area is 183 Å². The molecule has 1 aromatic heterocycles. The second-order valence-electron chi connectivity index (χ2n) is 6.64. The number of aromatic nitrogens is 2. The highest BCUT2D eigenvalue weighted by Crippen LogP contribution is 2.28. The van der Waals surface area contributed by atoms with Gasteiger partial charge in [-0.3, -0.25) is 14.4 Å². The van der Waals surface area contributed by atoms with E-state index < -0.39 is 0 Å². The molecule has 9 heteroatoms. The number of hydrogen-bond donors (Lipinski definition) is 3. The summed E-state index contributed by atoms with van der Waals surface area (Å²) in [4.78, 5) is 42.9. The number of anilines is 2. The third-order valence-corrected chi connectivity index (χ3v) is 5.07. The lowest BCUT2D eigenvalue weighted by Crippen LogP contribution is -2.19. The number of amides is 2. The molecule has 3 aromatic rings. The zero-order valence-electron chi connectivity index (χ0n) is 17.1. The number of aromatic amines is 1. The van der Waals surface area contributed by atoms with Gasteiger partial charge in [0, 0.05) is 24.4 Å². The molecule has 8 nitrogen and oxygen atoms in total. The van der Waals surface area contributed by atoms with Crippen LogP contribution in [0.1, 0.15) is 18.2 Å². The van der Waals surface area contributed by atoms with E-state index in [2.05, 4.69) is 20.6 Å². The fourth-order valence-electron chi connectivity index (χ4n) is 2.81. The Kier molecular flexibility index (Phi) is 7.45. The Bertz CT molecular complexity index is 1130. The fourth-order valence-corrected chi connectivity index (χ4v) is 3.66. The first-order valence-electron chi connectivity index (χ1n) is 9.45. The van der Waals surface area contributed by atoms with Gasteiger partial charge in [0.2, 0.25) is 11.8 Å². The zero-order chi connectivity index (χ0) is 22.2. The van der Waals surface area contributed by atoms with Crippen LogP contribution >= 0.6 is 11.8 Å². The van der Waals surface area contributed by atoms with Gasteiger partial charge in [-0.05, 0) is 23.8 Å². The number of benzene rings is 2. The fraction of sp³-hybridized carbons (Fsp3) is 0.182. The molecule has 3 rings (SSSR count). The predicted molar refractivity (Wildman–Crippen MR) is 120 cm³/mol. The number of carbonyl (C=O) groups excluding carboxylic acids is 2. The van der Waals surface area contributed by atoms with E-state index in [0.29, 0.717) is 33.7 Å². The van der Waals surface area contributed by atoms with Crippen molar-refractivity contribution in [3.05, 3.63) is 76.2 Å². The molecule has 1 heterocycles. The summed E-state index contributed by atoms with van der Waals surface area (Å²) in [6.45, 7) is 1.40. The lowest BCUT2D eigenvalue weighted by Gasteiger charge is -2.12. The van der Waals surface area contributed by atoms with E-state index >= 15 is 0 Å². The molecule has 0 radical (unpaired) electrons. The van der Waals surface area contributed by atoms with E-state index in [1.807, 2.05) is 30.3 Å². The summed E-state index contributed by atoms with van der Waals surface area (Å²) in [5.41, 5.74) is 2.07. The van der Waals surface area contributed by atoms with Crippen molar-refractivity contribution in [1.29, 1.82) is 0 Å². The van der Waals surface area contributed by atoms with Crippen molar-refractivity contribution in [3.63, 3.8) is 0 Å². The molecule has 0 saturated heterocycles. The average Bonchev–Trinajstić information content (AvgIpc) is 2.72. The normalized spacial score (nSPS) is 10.4. The lowest BCUT2D eigenvalue weighted by molar-refractivity contribution is -0.116. The van der Waals surface area contributed by atoms with Crippen molar-refractivity contribution in [3.8, 4) is 5.75 Å². The smallest absolute Gasteiger partial charge is 0.251 e. The van der Waals surface area contributed by atoms with Crippen molar-refractivity contribution in [2.24, 2.45) is 0 Å². The Morgan fingerprint density at radius 2 is 1.87 bits per heavy atom. The maximum Gasteiger partial charge on any atom is 0.251 e. The van der Waals surface area contributed by atoms with Crippen LogP contribution in [0.3, 0.4) is 0 Å². The summed E-state index contributed by atoms with van der Waals surface area (Å²) in [5, 5.41) is 5.85. The Balaban J connectivity index is 1.69. The molecule has 160 valence electrons. The highest BCUT2D eigenvalue weighted by atomic mass is 32.2. The molecular weight excluding hydrogens is 416 g/mol. The number of nitrogens with zero attached hydrogens (tertiary/aromatic N) is 1. The number of H-pyrrole nitrogens is 1. The molecule has 0 spiro atoms. The van der Waals surface area contributed by atoms with Gasteiger partial charge in [-0.15, -0.1) is 0 Å². The van der Waals surface area contributed by atoms with Gasteiger partial charge in [-0.1, -0.05) is 42.1 Å². The number of rotatable bonds is 8. The summed E-state index contributed by atoms with van der Waals surface area (Å²) in [6.07, 6.45) is -0.0870. The number of nitrogens with one attached hydrogen (secondary N) is 3. The molecular formula is C22H22N4O4S. The van der Waals surface area contributed by atoms with Gasteiger partial charge in [0.1, 0.15) is 5.75 Å². The molecule has 0 aliphatic carbocycles. The van der Waals surface area contributed by atoms with E-state index in [1.165, 1.54) is 31.9 Å². The molecule has 0 fully saturated rings. The third kappa shape index (κ3) is 6.71. The first kappa shape index (κ1) is 22.1. The highest BCUT2D eigenvalue weighted by molar-refractivity contribution is 7.98. The number of carbonyl (C=O) groups is 2. The van der Waals surface area contributed by atoms with Gasteiger partial charge >= 0.3 is 0 Å². The second-order valence-corrected chi connectivity index (χ2v) is 7.60. The molecule has 2 aromatic carbocycles. The van der Waals surface area contributed by atoms with E-state index in [0.717, 1.165) is 5.56 Å². The Morgan fingerprint density at radius 1 is 1.10 bits per heavy atom. The van der Waals surface area contributed by atoms with Crippen LogP contribution in [-0.2, 0) is 21.8 Å². The SMILES string of the molecule is COc1ccc(NC(C)=O)cc1NC(=O)Cc1cc(=O)[nH]c(SCc2ccccc2)n1. The lowest BCUT2D eigenvalue weighted by atomic mass is 10.2. The minimum Gasteiger partial charge on any atom is -0.495 e. The van der Waals surface area contributed by atoms with E-state index in [-0.39, 0.29) is 23.8 Å². The Morgan fingerprint density at radius 3 is 2.58 bits per heavy atom.